The van der Waals surface area contributed by atoms with Crippen molar-refractivity contribution in [3.05, 3.63) is 17.8 Å². The quantitative estimate of drug-likeness (QED) is 0.694. The van der Waals surface area contributed by atoms with Gasteiger partial charge in [-0.05, 0) is 5.92 Å². The van der Waals surface area contributed by atoms with Crippen LogP contribution in [0, 0.1) is 0 Å². The van der Waals surface area contributed by atoms with Crippen molar-refractivity contribution in [3.63, 3.8) is 0 Å². The second kappa shape index (κ2) is 5.79. The number of rotatable bonds is 2. The molecule has 0 amide bonds. The molecule has 13 heavy (non-hydrogen) atoms. The van der Waals surface area contributed by atoms with Gasteiger partial charge >= 0.3 is 0 Å². The molecule has 1 heterocycles. The van der Waals surface area contributed by atoms with Crippen LogP contribution in [0.25, 0.3) is 0 Å². The fourth-order valence-corrected chi connectivity index (χ4v) is 1.13. The lowest BCUT2D eigenvalue weighted by molar-refractivity contribution is 0.476. The summed E-state index contributed by atoms with van der Waals surface area (Å²) in [5.41, 5.74) is 1.10. The van der Waals surface area contributed by atoms with Gasteiger partial charge in [-0.25, -0.2) is 4.98 Å². The first-order valence-electron chi connectivity index (χ1n) is 5.06. The van der Waals surface area contributed by atoms with Gasteiger partial charge in [0.2, 0.25) is 0 Å². The Morgan fingerprint density at radius 3 is 1.92 bits per heavy atom. The minimum absolute atomic E-state index is 0.440. The first kappa shape index (κ1) is 12.2. The molecular formula is C11H21NO. The predicted octanol–water partition coefficient (Wildman–Crippen LogP) is 3.95. The predicted molar refractivity (Wildman–Crippen MR) is 56.0 cm³/mol. The summed E-state index contributed by atoms with van der Waals surface area (Å²) in [7, 11) is 0. The van der Waals surface area contributed by atoms with Gasteiger partial charge in [0.05, 0.1) is 5.69 Å². The number of hydrogen-bond donors (Lipinski definition) is 0. The molecule has 2 heteroatoms. The molecule has 0 aliphatic heterocycles. The highest BCUT2D eigenvalue weighted by atomic mass is 16.3. The van der Waals surface area contributed by atoms with Gasteiger partial charge in [-0.2, -0.15) is 0 Å². The molecule has 0 N–H and O–H groups in total. The number of nitrogens with zero attached hydrogens (tertiary/aromatic N) is 1. The van der Waals surface area contributed by atoms with Gasteiger partial charge in [-0.3, -0.25) is 0 Å². The Kier molecular flexibility index (Phi) is 5.44. The first-order valence-corrected chi connectivity index (χ1v) is 5.06. The Morgan fingerprint density at radius 2 is 1.62 bits per heavy atom. The third-order valence-electron chi connectivity index (χ3n) is 1.70. The van der Waals surface area contributed by atoms with E-state index in [2.05, 4.69) is 32.7 Å². The van der Waals surface area contributed by atoms with E-state index in [0.717, 1.165) is 11.5 Å². The maximum Gasteiger partial charge on any atom is 0.181 e. The Bertz CT molecular complexity index is 203. The molecule has 0 bridgehead atoms. The molecule has 0 aliphatic carbocycles. The van der Waals surface area contributed by atoms with E-state index in [9.17, 15) is 0 Å². The van der Waals surface area contributed by atoms with Crippen LogP contribution in [0.4, 0.5) is 0 Å². The van der Waals surface area contributed by atoms with Gasteiger partial charge in [-0.15, -0.1) is 0 Å². The molecule has 0 atom stereocenters. The lowest BCUT2D eigenvalue weighted by atomic mass is 10.0. The van der Waals surface area contributed by atoms with E-state index in [4.69, 9.17) is 4.42 Å². The van der Waals surface area contributed by atoms with Crippen LogP contribution in [0.15, 0.2) is 10.8 Å². The van der Waals surface area contributed by atoms with Crippen LogP contribution in [-0.2, 0) is 0 Å². The molecule has 1 aromatic rings. The van der Waals surface area contributed by atoms with Crippen LogP contribution in [0.5, 0.6) is 0 Å². The first-order chi connectivity index (χ1) is 6.13. The Hall–Kier alpha value is -0.790. The van der Waals surface area contributed by atoms with Crippen molar-refractivity contribution in [3.8, 4) is 0 Å². The molecule has 0 aromatic carbocycles. The maximum absolute atomic E-state index is 5.28. The summed E-state index contributed by atoms with van der Waals surface area (Å²) in [6.07, 6.45) is 1.53. The molecule has 76 valence electrons. The third-order valence-corrected chi connectivity index (χ3v) is 1.70. The zero-order valence-electron chi connectivity index (χ0n) is 9.59. The van der Waals surface area contributed by atoms with Crippen LogP contribution >= 0.6 is 0 Å². The van der Waals surface area contributed by atoms with Gasteiger partial charge < -0.3 is 4.42 Å². The summed E-state index contributed by atoms with van der Waals surface area (Å²) in [6, 6.07) is 0. The van der Waals surface area contributed by atoms with E-state index in [1.165, 1.54) is 6.39 Å². The van der Waals surface area contributed by atoms with E-state index in [0.29, 0.717) is 11.8 Å². The fraction of sp³-hybridized carbons (Fsp3) is 0.727. The number of hydrogen-bond acceptors (Lipinski definition) is 2. The summed E-state index contributed by atoms with van der Waals surface area (Å²) in [6.45, 7) is 12.5. The van der Waals surface area contributed by atoms with Gasteiger partial charge in [0.15, 0.2) is 6.39 Å². The Labute approximate surface area is 81.4 Å². The summed E-state index contributed by atoms with van der Waals surface area (Å²) in [5, 5.41) is 0. The summed E-state index contributed by atoms with van der Waals surface area (Å²) in [4.78, 5) is 4.17. The van der Waals surface area contributed by atoms with Crippen molar-refractivity contribution >= 4 is 0 Å². The average Bonchev–Trinajstić information content (AvgIpc) is 2.55. The average molecular weight is 183 g/mol. The second-order valence-electron chi connectivity index (χ2n) is 3.41. The normalized spacial score (nSPS) is 10.2. The molecule has 0 saturated carbocycles. The summed E-state index contributed by atoms with van der Waals surface area (Å²) in [5.74, 6) is 1.93. The molecule has 0 fully saturated rings. The largest absolute Gasteiger partial charge is 0.448 e. The molecule has 1 rings (SSSR count). The molecule has 1 aromatic heterocycles. The van der Waals surface area contributed by atoms with E-state index in [-0.39, 0.29) is 0 Å². The smallest absolute Gasteiger partial charge is 0.181 e. The second-order valence-corrected chi connectivity index (χ2v) is 3.41. The minimum Gasteiger partial charge on any atom is -0.448 e. The SMILES string of the molecule is CC.CC(C)c1ncoc1C(C)C. The fourth-order valence-electron chi connectivity index (χ4n) is 1.13. The topological polar surface area (TPSA) is 26.0 Å². The highest BCUT2D eigenvalue weighted by Crippen LogP contribution is 2.23. The van der Waals surface area contributed by atoms with Gasteiger partial charge in [-0.1, -0.05) is 41.5 Å². The van der Waals surface area contributed by atoms with Gasteiger partial charge in [0, 0.05) is 5.92 Å². The van der Waals surface area contributed by atoms with Crippen molar-refractivity contribution in [2.45, 2.75) is 53.4 Å². The van der Waals surface area contributed by atoms with Crippen LogP contribution in [0.1, 0.15) is 64.8 Å². The Balaban J connectivity index is 0.000000671. The summed E-state index contributed by atoms with van der Waals surface area (Å²) >= 11 is 0. The van der Waals surface area contributed by atoms with Crippen LogP contribution in [-0.4, -0.2) is 4.98 Å². The number of aromatic nitrogens is 1. The van der Waals surface area contributed by atoms with E-state index in [1.54, 1.807) is 0 Å². The monoisotopic (exact) mass is 183 g/mol. The van der Waals surface area contributed by atoms with Crippen LogP contribution in [0.3, 0.4) is 0 Å². The molecular weight excluding hydrogens is 162 g/mol. The highest BCUT2D eigenvalue weighted by molar-refractivity contribution is 5.14. The van der Waals surface area contributed by atoms with Crippen molar-refractivity contribution in [2.24, 2.45) is 0 Å². The van der Waals surface area contributed by atoms with Crippen LogP contribution in [0.2, 0.25) is 0 Å². The third kappa shape index (κ3) is 3.21. The zero-order valence-corrected chi connectivity index (χ0v) is 9.59. The molecule has 0 spiro atoms. The van der Waals surface area contributed by atoms with Crippen molar-refractivity contribution in [1.82, 2.24) is 4.98 Å². The molecule has 0 radical (unpaired) electrons. The highest BCUT2D eigenvalue weighted by Gasteiger charge is 2.13. The molecule has 0 aliphatic rings. The van der Waals surface area contributed by atoms with Crippen molar-refractivity contribution < 1.29 is 4.42 Å². The lowest BCUT2D eigenvalue weighted by Gasteiger charge is -2.05. The zero-order chi connectivity index (χ0) is 10.4. The standard InChI is InChI=1S/C9H15NO.C2H6/c1-6(2)8-9(7(3)4)11-5-10-8;1-2/h5-7H,1-4H3;1-2H3. The Morgan fingerprint density at radius 1 is 1.08 bits per heavy atom. The number of oxazole rings is 1. The summed E-state index contributed by atoms with van der Waals surface area (Å²) < 4.78 is 5.28. The van der Waals surface area contributed by atoms with Crippen molar-refractivity contribution in [2.75, 3.05) is 0 Å². The van der Waals surface area contributed by atoms with Crippen LogP contribution < -0.4 is 0 Å². The van der Waals surface area contributed by atoms with E-state index in [1.807, 2.05) is 13.8 Å². The minimum atomic E-state index is 0.440. The molecule has 0 unspecified atom stereocenters. The van der Waals surface area contributed by atoms with E-state index < -0.39 is 0 Å². The lowest BCUT2D eigenvalue weighted by Crippen LogP contribution is -1.95. The maximum atomic E-state index is 5.28. The molecule has 2 nitrogen and oxygen atoms in total. The van der Waals surface area contributed by atoms with E-state index >= 15 is 0 Å². The van der Waals surface area contributed by atoms with Gasteiger partial charge in [0.25, 0.3) is 0 Å². The van der Waals surface area contributed by atoms with Crippen molar-refractivity contribution in [1.29, 1.82) is 0 Å². The molecule has 0 saturated heterocycles. The van der Waals surface area contributed by atoms with Gasteiger partial charge in [0.1, 0.15) is 5.76 Å².